The van der Waals surface area contributed by atoms with Crippen LogP contribution in [0.2, 0.25) is 0 Å². The first-order valence-electron chi connectivity index (χ1n) is 6.81. The third-order valence-corrected chi connectivity index (χ3v) is 2.90. The maximum absolute atomic E-state index is 11.5. The van der Waals surface area contributed by atoms with E-state index < -0.39 is 0 Å². The molecule has 0 atom stereocenters. The van der Waals surface area contributed by atoms with Gasteiger partial charge in [-0.05, 0) is 50.1 Å². The van der Waals surface area contributed by atoms with Crippen LogP contribution in [0.4, 0.5) is 0 Å². The minimum Gasteiger partial charge on any atom is -0.484 e. The molecule has 1 aromatic carbocycles. The molecule has 4 nitrogen and oxygen atoms in total. The van der Waals surface area contributed by atoms with E-state index in [4.69, 9.17) is 4.74 Å². The number of hydrogen-bond donors (Lipinski definition) is 2. The van der Waals surface area contributed by atoms with E-state index >= 15 is 0 Å². The van der Waals surface area contributed by atoms with E-state index in [9.17, 15) is 4.79 Å². The largest absolute Gasteiger partial charge is 0.484 e. The molecular weight excluding hydrogens is 276 g/mol. The Morgan fingerprint density at radius 1 is 1.15 bits per heavy atom. The predicted molar refractivity (Wildman–Crippen MR) is 84.8 cm³/mol. The van der Waals surface area contributed by atoms with Gasteiger partial charge in [0.05, 0.1) is 0 Å². The monoisotopic (exact) mass is 300 g/mol. The minimum absolute atomic E-state index is 0. The number of carbonyl (C=O) groups is 1. The van der Waals surface area contributed by atoms with Crippen LogP contribution in [0.1, 0.15) is 24.5 Å². The van der Waals surface area contributed by atoms with Gasteiger partial charge in [-0.3, -0.25) is 4.79 Å². The van der Waals surface area contributed by atoms with Crippen molar-refractivity contribution in [1.82, 2.24) is 10.6 Å². The highest BCUT2D eigenvalue weighted by Crippen LogP contribution is 2.16. The second-order valence-electron chi connectivity index (χ2n) is 4.63. The van der Waals surface area contributed by atoms with Crippen LogP contribution in [0.5, 0.6) is 5.75 Å². The normalized spacial score (nSPS) is 9.75. The molecule has 0 fully saturated rings. The Morgan fingerprint density at radius 3 is 2.55 bits per heavy atom. The summed E-state index contributed by atoms with van der Waals surface area (Å²) in [5.74, 6) is 0.652. The molecule has 0 aliphatic carbocycles. The van der Waals surface area contributed by atoms with Crippen LogP contribution in [0.15, 0.2) is 18.2 Å². The highest BCUT2D eigenvalue weighted by molar-refractivity contribution is 5.85. The standard InChI is InChI=1S/C15H24N2O2.ClH/c1-4-7-16-8-9-17-15(18)11-19-14-6-5-12(2)13(3)10-14;/h5-6,10,16H,4,7-9,11H2,1-3H3,(H,17,18);1H. The highest BCUT2D eigenvalue weighted by atomic mass is 35.5. The van der Waals surface area contributed by atoms with Crippen LogP contribution < -0.4 is 15.4 Å². The van der Waals surface area contributed by atoms with E-state index in [0.717, 1.165) is 25.3 Å². The van der Waals surface area contributed by atoms with Gasteiger partial charge >= 0.3 is 0 Å². The van der Waals surface area contributed by atoms with Gasteiger partial charge in [0.25, 0.3) is 5.91 Å². The van der Waals surface area contributed by atoms with E-state index in [2.05, 4.69) is 24.5 Å². The topological polar surface area (TPSA) is 50.4 Å². The summed E-state index contributed by atoms with van der Waals surface area (Å²) < 4.78 is 5.45. The lowest BCUT2D eigenvalue weighted by Gasteiger charge is -2.09. The average molecular weight is 301 g/mol. The quantitative estimate of drug-likeness (QED) is 0.724. The van der Waals surface area contributed by atoms with Gasteiger partial charge in [-0.25, -0.2) is 0 Å². The number of hydrogen-bond acceptors (Lipinski definition) is 3. The van der Waals surface area contributed by atoms with Crippen molar-refractivity contribution in [3.63, 3.8) is 0 Å². The number of nitrogens with one attached hydrogen (secondary N) is 2. The van der Waals surface area contributed by atoms with E-state index in [-0.39, 0.29) is 24.9 Å². The zero-order valence-electron chi connectivity index (χ0n) is 12.5. The van der Waals surface area contributed by atoms with Crippen molar-refractivity contribution in [3.8, 4) is 5.75 Å². The summed E-state index contributed by atoms with van der Waals surface area (Å²) in [7, 11) is 0. The Bertz CT molecular complexity index is 411. The van der Waals surface area contributed by atoms with Gasteiger partial charge < -0.3 is 15.4 Å². The summed E-state index contributed by atoms with van der Waals surface area (Å²) in [5.41, 5.74) is 2.39. The van der Waals surface area contributed by atoms with Gasteiger partial charge in [0.1, 0.15) is 5.75 Å². The van der Waals surface area contributed by atoms with Gasteiger partial charge in [0.15, 0.2) is 6.61 Å². The number of rotatable bonds is 8. The van der Waals surface area contributed by atoms with Crippen molar-refractivity contribution in [2.24, 2.45) is 0 Å². The first-order chi connectivity index (χ1) is 9.13. The van der Waals surface area contributed by atoms with Crippen molar-refractivity contribution in [3.05, 3.63) is 29.3 Å². The van der Waals surface area contributed by atoms with E-state index in [1.807, 2.05) is 25.1 Å². The highest BCUT2D eigenvalue weighted by Gasteiger charge is 2.02. The SMILES string of the molecule is CCCNCCNC(=O)COc1ccc(C)c(C)c1.Cl. The summed E-state index contributed by atoms with van der Waals surface area (Å²) in [5, 5.41) is 6.03. The maximum Gasteiger partial charge on any atom is 0.257 e. The molecule has 0 radical (unpaired) electrons. The van der Waals surface area contributed by atoms with E-state index in [0.29, 0.717) is 6.54 Å². The van der Waals surface area contributed by atoms with Gasteiger partial charge in [-0.1, -0.05) is 13.0 Å². The molecule has 1 rings (SSSR count). The summed E-state index contributed by atoms with van der Waals surface area (Å²) in [6.45, 7) is 8.67. The molecule has 0 aliphatic rings. The fourth-order valence-electron chi connectivity index (χ4n) is 1.60. The molecule has 20 heavy (non-hydrogen) atoms. The fraction of sp³-hybridized carbons (Fsp3) is 0.533. The molecule has 0 saturated carbocycles. The molecule has 2 N–H and O–H groups in total. The van der Waals surface area contributed by atoms with Crippen LogP contribution in [-0.2, 0) is 4.79 Å². The fourth-order valence-corrected chi connectivity index (χ4v) is 1.60. The van der Waals surface area contributed by atoms with Crippen LogP contribution in [0.3, 0.4) is 0 Å². The lowest BCUT2D eigenvalue weighted by molar-refractivity contribution is -0.123. The number of carbonyl (C=O) groups excluding carboxylic acids is 1. The van der Waals surface area contributed by atoms with E-state index in [1.165, 1.54) is 11.1 Å². The number of halogens is 1. The summed E-state index contributed by atoms with van der Waals surface area (Å²) >= 11 is 0. The molecule has 1 aromatic rings. The molecule has 5 heteroatoms. The Kier molecular flexibility index (Phi) is 9.86. The van der Waals surface area contributed by atoms with Crippen molar-refractivity contribution in [1.29, 1.82) is 0 Å². The zero-order valence-corrected chi connectivity index (χ0v) is 13.3. The third-order valence-electron chi connectivity index (χ3n) is 2.90. The summed E-state index contributed by atoms with van der Waals surface area (Å²) in [6.07, 6.45) is 1.10. The summed E-state index contributed by atoms with van der Waals surface area (Å²) in [4.78, 5) is 11.5. The second-order valence-corrected chi connectivity index (χ2v) is 4.63. The van der Waals surface area contributed by atoms with Gasteiger partial charge in [0, 0.05) is 13.1 Å². The Morgan fingerprint density at radius 2 is 1.90 bits per heavy atom. The van der Waals surface area contributed by atoms with Crippen molar-refractivity contribution >= 4 is 18.3 Å². The summed E-state index contributed by atoms with van der Waals surface area (Å²) in [6, 6.07) is 5.83. The lowest BCUT2D eigenvalue weighted by Crippen LogP contribution is -2.35. The maximum atomic E-state index is 11.5. The molecule has 0 aromatic heterocycles. The third kappa shape index (κ3) is 7.36. The van der Waals surface area contributed by atoms with Gasteiger partial charge in [0.2, 0.25) is 0 Å². The molecule has 0 unspecified atom stereocenters. The number of amides is 1. The average Bonchev–Trinajstić information content (AvgIpc) is 2.40. The molecule has 114 valence electrons. The first kappa shape index (κ1) is 18.7. The first-order valence-corrected chi connectivity index (χ1v) is 6.81. The number of ether oxygens (including phenoxy) is 1. The van der Waals surface area contributed by atoms with Crippen LogP contribution in [0, 0.1) is 13.8 Å². The zero-order chi connectivity index (χ0) is 14.1. The lowest BCUT2D eigenvalue weighted by atomic mass is 10.1. The Balaban J connectivity index is 0.00000361. The molecule has 0 heterocycles. The molecular formula is C15H25ClN2O2. The van der Waals surface area contributed by atoms with Crippen LogP contribution >= 0.6 is 12.4 Å². The number of benzene rings is 1. The smallest absolute Gasteiger partial charge is 0.257 e. The van der Waals surface area contributed by atoms with Crippen molar-refractivity contribution in [2.45, 2.75) is 27.2 Å². The second kappa shape index (κ2) is 10.5. The Hall–Kier alpha value is -1.26. The molecule has 0 aliphatic heterocycles. The van der Waals surface area contributed by atoms with E-state index in [1.54, 1.807) is 0 Å². The molecule has 0 bridgehead atoms. The van der Waals surface area contributed by atoms with Gasteiger partial charge in [-0.15, -0.1) is 12.4 Å². The molecule has 1 amide bonds. The Labute approximate surface area is 127 Å². The predicted octanol–water partition coefficient (Wildman–Crippen LogP) is 2.22. The molecule has 0 saturated heterocycles. The van der Waals surface area contributed by atoms with Crippen molar-refractivity contribution < 1.29 is 9.53 Å². The van der Waals surface area contributed by atoms with Crippen LogP contribution in [-0.4, -0.2) is 32.1 Å². The molecule has 0 spiro atoms. The number of aryl methyl sites for hydroxylation is 2. The van der Waals surface area contributed by atoms with Gasteiger partial charge in [-0.2, -0.15) is 0 Å². The van der Waals surface area contributed by atoms with Crippen molar-refractivity contribution in [2.75, 3.05) is 26.2 Å². The van der Waals surface area contributed by atoms with Crippen LogP contribution in [0.25, 0.3) is 0 Å². The minimum atomic E-state index is -0.0865.